The number of nitrogens with zero attached hydrogens (tertiary/aromatic N) is 3. The van der Waals surface area contributed by atoms with E-state index < -0.39 is 0 Å². The zero-order chi connectivity index (χ0) is 13.2. The molecule has 0 aliphatic rings. The number of nitriles is 1. The summed E-state index contributed by atoms with van der Waals surface area (Å²) in [5, 5.41) is 19.4. The average molecular weight is 247 g/mol. The molecule has 0 saturated carbocycles. The Morgan fingerprint density at radius 3 is 2.68 bits per heavy atom. The topological polar surface area (TPSA) is 69.8 Å². The van der Waals surface area contributed by atoms with Gasteiger partial charge in [-0.3, -0.25) is 4.98 Å². The van der Waals surface area contributed by atoms with E-state index in [9.17, 15) is 10.4 Å². The number of fused-ring (bicyclic) bond motifs is 1. The van der Waals surface area contributed by atoms with E-state index in [-0.39, 0.29) is 5.75 Å². The summed E-state index contributed by atoms with van der Waals surface area (Å²) in [6, 6.07) is 14.8. The lowest BCUT2D eigenvalue weighted by Gasteiger charge is -2.05. The molecule has 0 unspecified atom stereocenters. The lowest BCUT2D eigenvalue weighted by molar-refractivity contribution is 0.473. The molecule has 4 heteroatoms. The molecule has 0 amide bonds. The van der Waals surface area contributed by atoms with Crippen LogP contribution in [0.2, 0.25) is 0 Å². The van der Waals surface area contributed by atoms with Gasteiger partial charge < -0.3 is 5.11 Å². The molecule has 0 aliphatic heterocycles. The van der Waals surface area contributed by atoms with Gasteiger partial charge in [0.1, 0.15) is 11.8 Å². The first kappa shape index (κ1) is 11.2. The summed E-state index contributed by atoms with van der Waals surface area (Å²) < 4.78 is 0. The van der Waals surface area contributed by atoms with Gasteiger partial charge in [-0.2, -0.15) is 5.26 Å². The molecule has 0 spiro atoms. The number of pyridine rings is 2. The van der Waals surface area contributed by atoms with Gasteiger partial charge in [-0.1, -0.05) is 18.2 Å². The van der Waals surface area contributed by atoms with Crippen LogP contribution in [0, 0.1) is 11.3 Å². The standard InChI is InChI=1S/C15H9N3O/c16-8-15-12(14-6-5-11(19)9-17-14)7-10-3-1-2-4-13(10)18-15/h1-7,9,19H. The van der Waals surface area contributed by atoms with Gasteiger partial charge in [0, 0.05) is 10.9 Å². The molecule has 1 aromatic carbocycles. The lowest BCUT2D eigenvalue weighted by atomic mass is 10.1. The predicted molar refractivity (Wildman–Crippen MR) is 71.4 cm³/mol. The molecular formula is C15H9N3O. The van der Waals surface area contributed by atoms with Crippen molar-refractivity contribution in [2.75, 3.05) is 0 Å². The van der Waals surface area contributed by atoms with Crippen molar-refractivity contribution in [1.29, 1.82) is 5.26 Å². The van der Waals surface area contributed by atoms with E-state index >= 15 is 0 Å². The SMILES string of the molecule is N#Cc1nc2ccccc2cc1-c1ccc(O)cn1. The Morgan fingerprint density at radius 2 is 1.95 bits per heavy atom. The summed E-state index contributed by atoms with van der Waals surface area (Å²) in [4.78, 5) is 8.45. The largest absolute Gasteiger partial charge is 0.506 e. The summed E-state index contributed by atoms with van der Waals surface area (Å²) in [5.74, 6) is 0.0935. The Bertz CT molecular complexity index is 789. The minimum atomic E-state index is 0.0935. The fraction of sp³-hybridized carbons (Fsp3) is 0. The van der Waals surface area contributed by atoms with E-state index in [1.165, 1.54) is 6.20 Å². The van der Waals surface area contributed by atoms with Crippen molar-refractivity contribution in [2.24, 2.45) is 0 Å². The zero-order valence-corrected chi connectivity index (χ0v) is 9.91. The number of rotatable bonds is 1. The molecule has 2 aromatic heterocycles. The van der Waals surface area contributed by atoms with Crippen LogP contribution in [-0.4, -0.2) is 15.1 Å². The van der Waals surface area contributed by atoms with E-state index in [1.807, 2.05) is 30.3 Å². The molecule has 90 valence electrons. The van der Waals surface area contributed by atoms with Crippen LogP contribution in [0.3, 0.4) is 0 Å². The Kier molecular flexibility index (Phi) is 2.58. The molecule has 1 N–H and O–H groups in total. The summed E-state index contributed by atoms with van der Waals surface area (Å²) in [6.45, 7) is 0. The first-order chi connectivity index (χ1) is 9.28. The number of benzene rings is 1. The third-order valence-electron chi connectivity index (χ3n) is 2.85. The molecule has 19 heavy (non-hydrogen) atoms. The van der Waals surface area contributed by atoms with Crippen LogP contribution in [0.1, 0.15) is 5.69 Å². The molecule has 0 radical (unpaired) electrons. The van der Waals surface area contributed by atoms with Gasteiger partial charge in [0.05, 0.1) is 17.4 Å². The highest BCUT2D eigenvalue weighted by Crippen LogP contribution is 2.25. The Morgan fingerprint density at radius 1 is 1.11 bits per heavy atom. The van der Waals surface area contributed by atoms with E-state index in [1.54, 1.807) is 12.1 Å². The monoisotopic (exact) mass is 247 g/mol. The van der Waals surface area contributed by atoms with Crippen molar-refractivity contribution in [2.45, 2.75) is 0 Å². The molecule has 0 bridgehead atoms. The smallest absolute Gasteiger partial charge is 0.150 e. The van der Waals surface area contributed by atoms with Gasteiger partial charge in [-0.05, 0) is 24.3 Å². The third kappa shape index (κ3) is 1.98. The van der Waals surface area contributed by atoms with E-state index in [2.05, 4.69) is 16.0 Å². The molecule has 0 aliphatic carbocycles. The van der Waals surface area contributed by atoms with Gasteiger partial charge in [-0.15, -0.1) is 0 Å². The second kappa shape index (κ2) is 4.39. The summed E-state index contributed by atoms with van der Waals surface area (Å²) >= 11 is 0. The fourth-order valence-electron chi connectivity index (χ4n) is 1.94. The highest BCUT2D eigenvalue weighted by atomic mass is 16.3. The molecule has 2 heterocycles. The van der Waals surface area contributed by atoms with Gasteiger partial charge >= 0.3 is 0 Å². The second-order valence-electron chi connectivity index (χ2n) is 4.09. The van der Waals surface area contributed by atoms with Crippen molar-refractivity contribution < 1.29 is 5.11 Å². The van der Waals surface area contributed by atoms with Crippen LogP contribution in [-0.2, 0) is 0 Å². The van der Waals surface area contributed by atoms with Crippen molar-refractivity contribution in [1.82, 2.24) is 9.97 Å². The molecule has 4 nitrogen and oxygen atoms in total. The van der Waals surface area contributed by atoms with Crippen LogP contribution in [0.4, 0.5) is 0 Å². The van der Waals surface area contributed by atoms with Crippen LogP contribution in [0.5, 0.6) is 5.75 Å². The maximum absolute atomic E-state index is 9.26. The van der Waals surface area contributed by atoms with Gasteiger partial charge in [-0.25, -0.2) is 4.98 Å². The number of para-hydroxylation sites is 1. The highest BCUT2D eigenvalue weighted by molar-refractivity contribution is 5.85. The summed E-state index contributed by atoms with van der Waals surface area (Å²) in [6.07, 6.45) is 1.35. The first-order valence-electron chi connectivity index (χ1n) is 5.73. The average Bonchev–Trinajstić information content (AvgIpc) is 2.46. The maximum Gasteiger partial charge on any atom is 0.150 e. The van der Waals surface area contributed by atoms with E-state index in [0.29, 0.717) is 17.0 Å². The molecule has 3 aromatic rings. The van der Waals surface area contributed by atoms with Crippen molar-refractivity contribution >= 4 is 10.9 Å². The Labute approximate surface area is 109 Å². The van der Waals surface area contributed by atoms with E-state index in [0.717, 1.165) is 10.9 Å². The normalized spacial score (nSPS) is 10.3. The van der Waals surface area contributed by atoms with Gasteiger partial charge in [0.15, 0.2) is 5.69 Å². The number of aromatic hydroxyl groups is 1. The minimum absolute atomic E-state index is 0.0935. The number of hydrogen-bond acceptors (Lipinski definition) is 4. The molecular weight excluding hydrogens is 238 g/mol. The van der Waals surface area contributed by atoms with Crippen LogP contribution in [0.25, 0.3) is 22.2 Å². The lowest BCUT2D eigenvalue weighted by Crippen LogP contribution is -1.92. The first-order valence-corrected chi connectivity index (χ1v) is 5.73. The second-order valence-corrected chi connectivity index (χ2v) is 4.09. The number of hydrogen-bond donors (Lipinski definition) is 1. The predicted octanol–water partition coefficient (Wildman–Crippen LogP) is 2.87. The van der Waals surface area contributed by atoms with Gasteiger partial charge in [0.2, 0.25) is 0 Å². The maximum atomic E-state index is 9.26. The van der Waals surface area contributed by atoms with Crippen LogP contribution in [0.15, 0.2) is 48.7 Å². The van der Waals surface area contributed by atoms with Crippen molar-refractivity contribution in [3.05, 3.63) is 54.4 Å². The fourth-order valence-corrected chi connectivity index (χ4v) is 1.94. The van der Waals surface area contributed by atoms with Crippen molar-refractivity contribution in [3.63, 3.8) is 0 Å². The minimum Gasteiger partial charge on any atom is -0.506 e. The van der Waals surface area contributed by atoms with Crippen LogP contribution >= 0.6 is 0 Å². The van der Waals surface area contributed by atoms with Crippen molar-refractivity contribution in [3.8, 4) is 23.1 Å². The summed E-state index contributed by atoms with van der Waals surface area (Å²) in [7, 11) is 0. The Balaban J connectivity index is 2.27. The van der Waals surface area contributed by atoms with Gasteiger partial charge in [0.25, 0.3) is 0 Å². The third-order valence-corrected chi connectivity index (χ3v) is 2.85. The zero-order valence-electron chi connectivity index (χ0n) is 9.91. The molecule has 3 rings (SSSR count). The van der Waals surface area contributed by atoms with E-state index in [4.69, 9.17) is 0 Å². The Hall–Kier alpha value is -2.93. The molecule has 0 fully saturated rings. The quantitative estimate of drug-likeness (QED) is 0.717. The molecule has 0 atom stereocenters. The van der Waals surface area contributed by atoms with Crippen LogP contribution < -0.4 is 0 Å². The molecule has 0 saturated heterocycles. The highest BCUT2D eigenvalue weighted by Gasteiger charge is 2.09. The number of aromatic nitrogens is 2. The summed E-state index contributed by atoms with van der Waals surface area (Å²) in [5.41, 5.74) is 2.40.